The number of carbonyl (C=O) groups is 1. The molecule has 1 fully saturated rings. The molecule has 1 saturated heterocycles. The first-order chi connectivity index (χ1) is 12.2. The number of aromatic nitrogens is 2. The van der Waals surface area contributed by atoms with Crippen LogP contribution in [-0.4, -0.2) is 52.0 Å². The number of pyridine rings is 1. The Bertz CT molecular complexity index is 897. The molecule has 4 rings (SSSR count). The fourth-order valence-electron chi connectivity index (χ4n) is 3.17. The van der Waals surface area contributed by atoms with E-state index < -0.39 is 0 Å². The van der Waals surface area contributed by atoms with Gasteiger partial charge in [0.1, 0.15) is 11.5 Å². The van der Waals surface area contributed by atoms with Gasteiger partial charge in [0.15, 0.2) is 0 Å². The van der Waals surface area contributed by atoms with Gasteiger partial charge in [0.05, 0.1) is 11.7 Å². The van der Waals surface area contributed by atoms with Crippen molar-refractivity contribution in [2.75, 3.05) is 26.2 Å². The number of nitrogens with zero attached hydrogens (tertiary/aromatic N) is 4. The smallest absolute Gasteiger partial charge is 0.272 e. The molecule has 0 aliphatic carbocycles. The third-order valence-electron chi connectivity index (χ3n) is 4.72. The summed E-state index contributed by atoms with van der Waals surface area (Å²) in [5, 5.41) is 4.87. The first-order valence-corrected chi connectivity index (χ1v) is 8.48. The van der Waals surface area contributed by atoms with Crippen LogP contribution in [0, 0.1) is 6.92 Å². The molecule has 6 heteroatoms. The van der Waals surface area contributed by atoms with Gasteiger partial charge in [-0.2, -0.15) is 0 Å². The van der Waals surface area contributed by atoms with Crippen molar-refractivity contribution >= 4 is 16.8 Å². The highest BCUT2D eigenvalue weighted by Crippen LogP contribution is 2.15. The summed E-state index contributed by atoms with van der Waals surface area (Å²) in [7, 11) is 0. The molecule has 1 aromatic carbocycles. The molecule has 0 atom stereocenters. The van der Waals surface area contributed by atoms with Crippen LogP contribution in [0.1, 0.15) is 21.8 Å². The second-order valence-corrected chi connectivity index (χ2v) is 6.36. The van der Waals surface area contributed by atoms with Crippen LogP contribution in [0.4, 0.5) is 0 Å². The highest BCUT2D eigenvalue weighted by Gasteiger charge is 2.23. The second kappa shape index (κ2) is 6.64. The van der Waals surface area contributed by atoms with Crippen LogP contribution in [0.25, 0.3) is 10.9 Å². The standard InChI is InChI=1S/C19H20N4O2/c1-14-16(12-20-25-14)13-22-8-10-23(11-9-22)19(24)18-7-6-15-4-2-3-5-17(15)21-18/h2-7,12H,8-11,13H2,1H3. The van der Waals surface area contributed by atoms with Gasteiger partial charge in [-0.1, -0.05) is 29.4 Å². The Balaban J connectivity index is 1.41. The summed E-state index contributed by atoms with van der Waals surface area (Å²) in [5.74, 6) is 0.866. The second-order valence-electron chi connectivity index (χ2n) is 6.36. The number of hydrogen-bond donors (Lipinski definition) is 0. The van der Waals surface area contributed by atoms with E-state index >= 15 is 0 Å². The van der Waals surface area contributed by atoms with Crippen LogP contribution < -0.4 is 0 Å². The van der Waals surface area contributed by atoms with Crippen molar-refractivity contribution in [2.45, 2.75) is 13.5 Å². The van der Waals surface area contributed by atoms with E-state index in [1.807, 2.05) is 48.2 Å². The summed E-state index contributed by atoms with van der Waals surface area (Å²) in [5.41, 5.74) is 2.48. The van der Waals surface area contributed by atoms with E-state index in [1.54, 1.807) is 6.20 Å². The molecule has 0 saturated carbocycles. The Morgan fingerprint density at radius 2 is 1.92 bits per heavy atom. The van der Waals surface area contributed by atoms with E-state index in [-0.39, 0.29) is 5.91 Å². The molecule has 2 aromatic heterocycles. The number of fused-ring (bicyclic) bond motifs is 1. The van der Waals surface area contributed by atoms with E-state index in [4.69, 9.17) is 4.52 Å². The minimum absolute atomic E-state index is 0.00608. The Kier molecular flexibility index (Phi) is 4.19. The lowest BCUT2D eigenvalue weighted by Gasteiger charge is -2.34. The number of carbonyl (C=O) groups excluding carboxylic acids is 1. The van der Waals surface area contributed by atoms with Crippen LogP contribution >= 0.6 is 0 Å². The zero-order chi connectivity index (χ0) is 17.2. The largest absolute Gasteiger partial charge is 0.361 e. The van der Waals surface area contributed by atoms with Gasteiger partial charge in [-0.3, -0.25) is 9.69 Å². The number of hydrogen-bond acceptors (Lipinski definition) is 5. The van der Waals surface area contributed by atoms with Crippen molar-refractivity contribution < 1.29 is 9.32 Å². The van der Waals surface area contributed by atoms with Crippen molar-refractivity contribution in [3.8, 4) is 0 Å². The fourth-order valence-corrected chi connectivity index (χ4v) is 3.17. The maximum atomic E-state index is 12.7. The third-order valence-corrected chi connectivity index (χ3v) is 4.72. The molecule has 0 spiro atoms. The van der Waals surface area contributed by atoms with E-state index in [0.29, 0.717) is 18.8 Å². The third kappa shape index (κ3) is 3.25. The molecule has 3 heterocycles. The number of para-hydroxylation sites is 1. The zero-order valence-electron chi connectivity index (χ0n) is 14.2. The quantitative estimate of drug-likeness (QED) is 0.735. The predicted octanol–water partition coefficient (Wildman–Crippen LogP) is 2.49. The van der Waals surface area contributed by atoms with Gasteiger partial charge in [0.25, 0.3) is 5.91 Å². The molecular formula is C19H20N4O2. The number of rotatable bonds is 3. The van der Waals surface area contributed by atoms with Crippen LogP contribution in [-0.2, 0) is 6.54 Å². The van der Waals surface area contributed by atoms with Gasteiger partial charge in [-0.05, 0) is 19.1 Å². The predicted molar refractivity (Wildman–Crippen MR) is 94.2 cm³/mol. The monoisotopic (exact) mass is 336 g/mol. The summed E-state index contributed by atoms with van der Waals surface area (Å²) >= 11 is 0. The molecule has 1 amide bonds. The van der Waals surface area contributed by atoms with Crippen molar-refractivity contribution in [3.05, 3.63) is 59.6 Å². The van der Waals surface area contributed by atoms with E-state index in [9.17, 15) is 4.79 Å². The van der Waals surface area contributed by atoms with Gasteiger partial charge in [-0.15, -0.1) is 0 Å². The Labute approximate surface area is 146 Å². The summed E-state index contributed by atoms with van der Waals surface area (Å²) in [6.07, 6.45) is 1.77. The molecule has 1 aliphatic heterocycles. The molecule has 0 bridgehead atoms. The minimum atomic E-state index is 0.00608. The molecule has 25 heavy (non-hydrogen) atoms. The molecule has 1 aliphatic rings. The molecular weight excluding hydrogens is 316 g/mol. The first-order valence-electron chi connectivity index (χ1n) is 8.48. The van der Waals surface area contributed by atoms with Gasteiger partial charge in [-0.25, -0.2) is 4.98 Å². The normalized spacial score (nSPS) is 15.6. The molecule has 0 N–H and O–H groups in total. The Morgan fingerprint density at radius 3 is 2.68 bits per heavy atom. The Morgan fingerprint density at radius 1 is 1.12 bits per heavy atom. The number of piperazine rings is 1. The van der Waals surface area contributed by atoms with Crippen molar-refractivity contribution in [1.29, 1.82) is 0 Å². The first kappa shape index (κ1) is 15.8. The van der Waals surface area contributed by atoms with Crippen LogP contribution in [0.2, 0.25) is 0 Å². The molecule has 3 aromatic rings. The lowest BCUT2D eigenvalue weighted by molar-refractivity contribution is 0.0622. The van der Waals surface area contributed by atoms with Crippen molar-refractivity contribution in [1.82, 2.24) is 19.9 Å². The minimum Gasteiger partial charge on any atom is -0.361 e. The summed E-state index contributed by atoms with van der Waals surface area (Å²) in [4.78, 5) is 21.5. The molecule has 0 radical (unpaired) electrons. The fraction of sp³-hybridized carbons (Fsp3) is 0.316. The van der Waals surface area contributed by atoms with E-state index in [0.717, 1.165) is 41.9 Å². The van der Waals surface area contributed by atoms with Crippen molar-refractivity contribution in [3.63, 3.8) is 0 Å². The Hall–Kier alpha value is -2.73. The lowest BCUT2D eigenvalue weighted by Crippen LogP contribution is -2.48. The average molecular weight is 336 g/mol. The summed E-state index contributed by atoms with van der Waals surface area (Å²) in [6.45, 7) is 5.82. The summed E-state index contributed by atoms with van der Waals surface area (Å²) < 4.78 is 5.11. The maximum Gasteiger partial charge on any atom is 0.272 e. The van der Waals surface area contributed by atoms with Gasteiger partial charge in [0.2, 0.25) is 0 Å². The SMILES string of the molecule is Cc1oncc1CN1CCN(C(=O)c2ccc3ccccc3n2)CC1. The zero-order valence-corrected chi connectivity index (χ0v) is 14.2. The van der Waals surface area contributed by atoms with Gasteiger partial charge >= 0.3 is 0 Å². The van der Waals surface area contributed by atoms with Crippen LogP contribution in [0.5, 0.6) is 0 Å². The van der Waals surface area contributed by atoms with Crippen LogP contribution in [0.3, 0.4) is 0 Å². The number of benzene rings is 1. The number of amides is 1. The van der Waals surface area contributed by atoms with Gasteiger partial charge in [0, 0.05) is 43.7 Å². The maximum absolute atomic E-state index is 12.7. The molecule has 128 valence electrons. The highest BCUT2D eigenvalue weighted by molar-refractivity contribution is 5.95. The van der Waals surface area contributed by atoms with Crippen LogP contribution in [0.15, 0.2) is 47.1 Å². The van der Waals surface area contributed by atoms with Gasteiger partial charge < -0.3 is 9.42 Å². The topological polar surface area (TPSA) is 62.5 Å². The van der Waals surface area contributed by atoms with E-state index in [2.05, 4.69) is 15.0 Å². The summed E-state index contributed by atoms with van der Waals surface area (Å²) in [6, 6.07) is 11.6. The highest BCUT2D eigenvalue weighted by atomic mass is 16.5. The van der Waals surface area contributed by atoms with E-state index in [1.165, 1.54) is 0 Å². The van der Waals surface area contributed by atoms with Crippen molar-refractivity contribution in [2.24, 2.45) is 0 Å². The molecule has 0 unspecified atom stereocenters. The lowest BCUT2D eigenvalue weighted by atomic mass is 10.2. The molecule has 6 nitrogen and oxygen atoms in total. The number of aryl methyl sites for hydroxylation is 1. The average Bonchev–Trinajstić information content (AvgIpc) is 3.06.